The molecule has 10 rings (SSSR count). The zero-order valence-corrected chi connectivity index (χ0v) is 32.0. The highest BCUT2D eigenvalue weighted by Gasteiger charge is 2.49. The third-order valence-electron chi connectivity index (χ3n) is 13.6. The number of furan rings is 1. The molecule has 2 aliphatic carbocycles. The highest BCUT2D eigenvalue weighted by Crippen LogP contribution is 2.53. The predicted octanol–water partition coefficient (Wildman–Crippen LogP) is 11.2. The molecule has 3 heterocycles. The molecule has 0 atom stereocenters. The lowest BCUT2D eigenvalue weighted by Gasteiger charge is -2.46. The number of rotatable bonds is 2. The average molecular weight is 681 g/mol. The number of nitrogens with zero attached hydrogens (tertiary/aromatic N) is 2. The Balaban J connectivity index is 1.34. The van der Waals surface area contributed by atoms with Crippen LogP contribution in [0.2, 0.25) is 0 Å². The minimum Gasteiger partial charge on any atom is -0.468 e. The van der Waals surface area contributed by atoms with Crippen molar-refractivity contribution in [1.29, 1.82) is 0 Å². The molecule has 0 fully saturated rings. The van der Waals surface area contributed by atoms with E-state index in [9.17, 15) is 0 Å². The van der Waals surface area contributed by atoms with Crippen LogP contribution in [-0.2, 0) is 21.7 Å². The second-order valence-corrected chi connectivity index (χ2v) is 18.7. The number of benzene rings is 5. The standard InChI is InChI=1S/C48H49BN2O/c1-45(2)22-25-48(7,8)36-29-41-32(26-33(36)45)43-44(52-41)49-37-27-34-35(47(5,6)24-23-46(34,3)4)28-40(37)50(30-16-11-9-12-17-30)38-20-15-21-39(42(38)49)51(43)31-18-13-10-14-19-31/h9-21,26-29H,22-25H2,1-8H3. The third-order valence-corrected chi connectivity index (χ3v) is 13.6. The lowest BCUT2D eigenvalue weighted by molar-refractivity contribution is 0.332. The van der Waals surface area contributed by atoms with Gasteiger partial charge in [0.25, 0.3) is 6.71 Å². The summed E-state index contributed by atoms with van der Waals surface area (Å²) >= 11 is 0. The zero-order chi connectivity index (χ0) is 35.9. The third kappa shape index (κ3) is 4.33. The van der Waals surface area contributed by atoms with Gasteiger partial charge in [0.15, 0.2) is 0 Å². The maximum Gasteiger partial charge on any atom is 0.297 e. The number of para-hydroxylation sites is 2. The molecular weight excluding hydrogens is 631 g/mol. The summed E-state index contributed by atoms with van der Waals surface area (Å²) in [5.41, 5.74) is 18.2. The first-order valence-corrected chi connectivity index (χ1v) is 19.4. The lowest BCUT2D eigenvalue weighted by atomic mass is 9.35. The van der Waals surface area contributed by atoms with Gasteiger partial charge in [-0.05, 0) is 135 Å². The summed E-state index contributed by atoms with van der Waals surface area (Å²) in [7, 11) is 0. The van der Waals surface area contributed by atoms with Crippen LogP contribution in [0.15, 0.2) is 108 Å². The minimum atomic E-state index is -0.0484. The van der Waals surface area contributed by atoms with Gasteiger partial charge in [-0.1, -0.05) is 104 Å². The average Bonchev–Trinajstić information content (AvgIpc) is 3.50. The van der Waals surface area contributed by atoms with E-state index in [2.05, 4.69) is 168 Å². The first kappa shape index (κ1) is 32.0. The van der Waals surface area contributed by atoms with Crippen molar-refractivity contribution >= 4 is 68.4 Å². The van der Waals surface area contributed by atoms with E-state index < -0.39 is 0 Å². The van der Waals surface area contributed by atoms with Gasteiger partial charge >= 0.3 is 0 Å². The van der Waals surface area contributed by atoms with E-state index in [1.807, 2.05) is 0 Å². The number of hydrogen-bond donors (Lipinski definition) is 0. The monoisotopic (exact) mass is 680 g/mol. The van der Waals surface area contributed by atoms with Crippen molar-refractivity contribution < 1.29 is 4.42 Å². The first-order valence-electron chi connectivity index (χ1n) is 19.4. The molecule has 4 aliphatic rings. The summed E-state index contributed by atoms with van der Waals surface area (Å²) in [4.78, 5) is 5.03. The van der Waals surface area contributed by atoms with Crippen LogP contribution in [0.4, 0.5) is 34.1 Å². The van der Waals surface area contributed by atoms with Gasteiger partial charge in [0, 0.05) is 33.8 Å². The van der Waals surface area contributed by atoms with E-state index in [4.69, 9.17) is 4.42 Å². The molecule has 5 aromatic carbocycles. The van der Waals surface area contributed by atoms with Crippen LogP contribution in [-0.4, -0.2) is 6.71 Å². The second-order valence-electron chi connectivity index (χ2n) is 18.7. The van der Waals surface area contributed by atoms with Crippen LogP contribution in [0.25, 0.3) is 11.0 Å². The van der Waals surface area contributed by atoms with Crippen molar-refractivity contribution in [3.63, 3.8) is 0 Å². The topological polar surface area (TPSA) is 19.6 Å². The van der Waals surface area contributed by atoms with Gasteiger partial charge in [0.1, 0.15) is 5.58 Å². The molecule has 0 radical (unpaired) electrons. The van der Waals surface area contributed by atoms with Crippen molar-refractivity contribution in [2.75, 3.05) is 9.80 Å². The van der Waals surface area contributed by atoms with E-state index in [1.165, 1.54) is 92.7 Å². The molecule has 0 bridgehead atoms. The summed E-state index contributed by atoms with van der Waals surface area (Å²) < 4.78 is 7.39. The lowest BCUT2D eigenvalue weighted by Crippen LogP contribution is -2.61. The van der Waals surface area contributed by atoms with E-state index in [0.29, 0.717) is 0 Å². The van der Waals surface area contributed by atoms with Gasteiger partial charge in [-0.3, -0.25) is 0 Å². The van der Waals surface area contributed by atoms with Crippen LogP contribution in [0.3, 0.4) is 0 Å². The van der Waals surface area contributed by atoms with Gasteiger partial charge in [0.2, 0.25) is 0 Å². The Labute approximate surface area is 309 Å². The van der Waals surface area contributed by atoms with Crippen molar-refractivity contribution in [2.45, 2.75) is 103 Å². The fourth-order valence-corrected chi connectivity index (χ4v) is 10.2. The van der Waals surface area contributed by atoms with Crippen molar-refractivity contribution in [3.05, 3.63) is 125 Å². The van der Waals surface area contributed by atoms with E-state index >= 15 is 0 Å². The molecule has 0 saturated carbocycles. The van der Waals surface area contributed by atoms with E-state index in [1.54, 1.807) is 0 Å². The molecule has 0 spiro atoms. The largest absolute Gasteiger partial charge is 0.468 e. The van der Waals surface area contributed by atoms with Gasteiger partial charge in [-0.15, -0.1) is 0 Å². The fraction of sp³-hybridized carbons (Fsp3) is 0.333. The molecule has 0 unspecified atom stereocenters. The Morgan fingerprint density at radius 1 is 0.500 bits per heavy atom. The zero-order valence-electron chi connectivity index (χ0n) is 32.0. The maximum absolute atomic E-state index is 7.39. The number of fused-ring (bicyclic) bond motifs is 8. The van der Waals surface area contributed by atoms with Crippen LogP contribution < -0.4 is 26.4 Å². The minimum absolute atomic E-state index is 0.0484. The van der Waals surface area contributed by atoms with Gasteiger partial charge in [-0.25, -0.2) is 0 Å². The molecule has 260 valence electrons. The van der Waals surface area contributed by atoms with Crippen molar-refractivity contribution in [3.8, 4) is 0 Å². The van der Waals surface area contributed by atoms with Crippen LogP contribution in [0.5, 0.6) is 0 Å². The highest BCUT2D eigenvalue weighted by atomic mass is 16.3. The Hall–Kier alpha value is -4.70. The summed E-state index contributed by atoms with van der Waals surface area (Å²) in [5, 5.41) is 1.21. The molecule has 1 aromatic heterocycles. The van der Waals surface area contributed by atoms with Crippen molar-refractivity contribution in [2.24, 2.45) is 0 Å². The Kier molecular flexibility index (Phi) is 6.44. The molecule has 6 aromatic rings. The fourth-order valence-electron chi connectivity index (χ4n) is 10.2. The summed E-state index contributed by atoms with van der Waals surface area (Å²) in [6.45, 7) is 19.4. The van der Waals surface area contributed by atoms with Crippen LogP contribution in [0.1, 0.15) is 103 Å². The molecule has 0 saturated heterocycles. The Morgan fingerprint density at radius 2 is 0.981 bits per heavy atom. The molecule has 0 amide bonds. The molecule has 2 aliphatic heterocycles. The smallest absolute Gasteiger partial charge is 0.297 e. The van der Waals surface area contributed by atoms with Gasteiger partial charge in [0.05, 0.1) is 11.3 Å². The van der Waals surface area contributed by atoms with E-state index in [-0.39, 0.29) is 28.4 Å². The van der Waals surface area contributed by atoms with Crippen LogP contribution >= 0.6 is 0 Å². The second kappa shape index (κ2) is 10.5. The molecule has 0 N–H and O–H groups in total. The molecule has 4 heteroatoms. The van der Waals surface area contributed by atoms with Gasteiger partial charge < -0.3 is 14.2 Å². The summed E-state index contributed by atoms with van der Waals surface area (Å²) in [6, 6.07) is 38.9. The van der Waals surface area contributed by atoms with E-state index in [0.717, 1.165) is 16.9 Å². The molecule has 52 heavy (non-hydrogen) atoms. The normalized spacial score (nSPS) is 19.7. The summed E-state index contributed by atoms with van der Waals surface area (Å²) in [6.07, 6.45) is 4.70. The highest BCUT2D eigenvalue weighted by molar-refractivity contribution is 7.00. The Morgan fingerprint density at radius 3 is 1.56 bits per heavy atom. The SMILES string of the molecule is CC1(C)CCC(C)(C)c2cc3c(cc21)B1c2oc4cc5c(cc4c2N(c2ccccc2)c2cccc(c21)N3c1ccccc1)C(C)(C)CCC5(C)C. The number of hydrogen-bond acceptors (Lipinski definition) is 3. The summed E-state index contributed by atoms with van der Waals surface area (Å²) in [5.74, 6) is 0. The molecule has 3 nitrogen and oxygen atoms in total. The quantitative estimate of drug-likeness (QED) is 0.170. The predicted molar refractivity (Wildman–Crippen MR) is 221 cm³/mol. The van der Waals surface area contributed by atoms with Crippen LogP contribution in [0, 0.1) is 0 Å². The Bertz CT molecular complexity index is 2430. The van der Waals surface area contributed by atoms with Crippen molar-refractivity contribution in [1.82, 2.24) is 0 Å². The molecular formula is C48H49BN2O. The number of anilines is 6. The first-order chi connectivity index (χ1) is 24.8. The van der Waals surface area contributed by atoms with Gasteiger partial charge in [-0.2, -0.15) is 0 Å². The maximum atomic E-state index is 7.39.